The van der Waals surface area contributed by atoms with Crippen molar-refractivity contribution >= 4 is 5.97 Å². The van der Waals surface area contributed by atoms with Gasteiger partial charge in [0.1, 0.15) is 0 Å². The lowest BCUT2D eigenvalue weighted by Gasteiger charge is -2.01. The van der Waals surface area contributed by atoms with E-state index in [0.717, 1.165) is 6.61 Å². The molecule has 0 bridgehead atoms. The molecule has 1 rings (SSSR count). The number of ether oxygens (including phenoxy) is 2. The lowest BCUT2D eigenvalue weighted by Crippen LogP contribution is -2.06. The van der Waals surface area contributed by atoms with E-state index in [2.05, 4.69) is 11.7 Å². The summed E-state index contributed by atoms with van der Waals surface area (Å²) in [6, 6.07) is 0. The van der Waals surface area contributed by atoms with Gasteiger partial charge in [-0.25, -0.2) is 0 Å². The van der Waals surface area contributed by atoms with Crippen LogP contribution in [0.2, 0.25) is 0 Å². The highest BCUT2D eigenvalue weighted by Gasteiger charge is 2.07. The van der Waals surface area contributed by atoms with Gasteiger partial charge in [0, 0.05) is 13.5 Å². The minimum atomic E-state index is -0.213. The van der Waals surface area contributed by atoms with Crippen LogP contribution in [0.15, 0.2) is 0 Å². The predicted octanol–water partition coefficient (Wildman–Crippen LogP) is 2.14. The molecule has 1 heterocycles. The average molecular weight is 188 g/mol. The van der Waals surface area contributed by atoms with Crippen molar-refractivity contribution in [3.05, 3.63) is 0 Å². The summed E-state index contributed by atoms with van der Waals surface area (Å²) in [6.45, 7) is 8.15. The van der Waals surface area contributed by atoms with Crippen molar-refractivity contribution in [2.75, 3.05) is 6.61 Å². The first-order valence-electron chi connectivity index (χ1n) is 4.81. The van der Waals surface area contributed by atoms with Crippen LogP contribution in [0.3, 0.4) is 0 Å². The fourth-order valence-corrected chi connectivity index (χ4v) is 1.07. The van der Waals surface area contributed by atoms with Gasteiger partial charge in [-0.15, -0.1) is 0 Å². The molecule has 0 aromatic rings. The summed E-state index contributed by atoms with van der Waals surface area (Å²) in [5.74, 6) is -0.213. The molecule has 3 heteroatoms. The Kier molecular flexibility index (Phi) is 6.59. The molecule has 0 aromatic carbocycles. The molecular weight excluding hydrogens is 168 g/mol. The Hall–Kier alpha value is -0.570. The summed E-state index contributed by atoms with van der Waals surface area (Å²) in [4.78, 5) is 10.0. The minimum absolute atomic E-state index is 0.0255. The van der Waals surface area contributed by atoms with Gasteiger partial charge in [0.25, 0.3) is 0 Å². The summed E-state index contributed by atoms with van der Waals surface area (Å²) >= 11 is 0. The summed E-state index contributed by atoms with van der Waals surface area (Å²) in [6.07, 6.45) is 3.10. The first kappa shape index (κ1) is 12.4. The molecule has 0 N–H and O–H groups in total. The van der Waals surface area contributed by atoms with Crippen molar-refractivity contribution in [2.45, 2.75) is 52.7 Å². The maximum Gasteiger partial charge on any atom is 0.302 e. The first-order valence-corrected chi connectivity index (χ1v) is 4.81. The van der Waals surface area contributed by atoms with E-state index < -0.39 is 0 Å². The molecule has 0 amide bonds. The van der Waals surface area contributed by atoms with Gasteiger partial charge in [-0.3, -0.25) is 4.79 Å². The Labute approximate surface area is 80.4 Å². The molecule has 78 valence electrons. The third-order valence-corrected chi connectivity index (χ3v) is 1.56. The van der Waals surface area contributed by atoms with Gasteiger partial charge in [-0.1, -0.05) is 0 Å². The van der Waals surface area contributed by atoms with Crippen LogP contribution in [0.4, 0.5) is 0 Å². The molecule has 0 radical (unpaired) electrons. The molecule has 1 fully saturated rings. The van der Waals surface area contributed by atoms with Crippen molar-refractivity contribution in [3.8, 4) is 0 Å². The zero-order chi connectivity index (χ0) is 10.3. The average Bonchev–Trinajstić information content (AvgIpc) is 2.37. The fraction of sp³-hybridized carbons (Fsp3) is 0.900. The number of carbonyl (C=O) groups excluding carboxylic acids is 1. The van der Waals surface area contributed by atoms with Crippen molar-refractivity contribution < 1.29 is 14.3 Å². The number of hydrogen-bond acceptors (Lipinski definition) is 3. The predicted molar refractivity (Wildman–Crippen MR) is 51.6 cm³/mol. The molecular formula is C10H20O3. The zero-order valence-corrected chi connectivity index (χ0v) is 9.00. The largest absolute Gasteiger partial charge is 0.463 e. The first-order chi connectivity index (χ1) is 6.02. The van der Waals surface area contributed by atoms with E-state index in [-0.39, 0.29) is 12.1 Å². The quantitative estimate of drug-likeness (QED) is 0.591. The zero-order valence-electron chi connectivity index (χ0n) is 9.00. The lowest BCUT2D eigenvalue weighted by molar-refractivity contribution is -0.144. The van der Waals surface area contributed by atoms with E-state index in [4.69, 9.17) is 4.74 Å². The highest BCUT2D eigenvalue weighted by Crippen LogP contribution is 2.09. The van der Waals surface area contributed by atoms with Crippen LogP contribution in [0.5, 0.6) is 0 Å². The molecule has 1 saturated heterocycles. The maximum absolute atomic E-state index is 10.0. The fourth-order valence-electron chi connectivity index (χ4n) is 1.07. The second-order valence-electron chi connectivity index (χ2n) is 3.48. The second kappa shape index (κ2) is 6.89. The van der Waals surface area contributed by atoms with E-state index >= 15 is 0 Å². The van der Waals surface area contributed by atoms with E-state index in [1.54, 1.807) is 0 Å². The molecule has 3 nitrogen and oxygen atoms in total. The lowest BCUT2D eigenvalue weighted by atomic mass is 10.3. The molecule has 13 heavy (non-hydrogen) atoms. The smallest absolute Gasteiger partial charge is 0.302 e. The normalized spacial score (nSPS) is 20.8. The number of rotatable bonds is 1. The van der Waals surface area contributed by atoms with Crippen molar-refractivity contribution in [3.63, 3.8) is 0 Å². The number of carbonyl (C=O) groups is 1. The Morgan fingerprint density at radius 1 is 1.54 bits per heavy atom. The highest BCUT2D eigenvalue weighted by molar-refractivity contribution is 5.66. The SMILES string of the molecule is CC(=O)OC(C)C.CC1CCCO1. The molecule has 0 saturated carbocycles. The van der Waals surface area contributed by atoms with E-state index in [1.807, 2.05) is 13.8 Å². The van der Waals surface area contributed by atoms with E-state index in [1.165, 1.54) is 19.8 Å². The summed E-state index contributed by atoms with van der Waals surface area (Å²) in [5, 5.41) is 0. The van der Waals surface area contributed by atoms with Crippen LogP contribution >= 0.6 is 0 Å². The Balaban J connectivity index is 0.000000223. The molecule has 0 aromatic heterocycles. The van der Waals surface area contributed by atoms with Crippen LogP contribution in [-0.4, -0.2) is 24.8 Å². The Bertz CT molecular complexity index is 137. The van der Waals surface area contributed by atoms with Crippen LogP contribution in [0.25, 0.3) is 0 Å². The Morgan fingerprint density at radius 2 is 2.15 bits per heavy atom. The summed E-state index contributed by atoms with van der Waals surface area (Å²) in [5.41, 5.74) is 0. The number of esters is 1. The van der Waals surface area contributed by atoms with Gasteiger partial charge in [-0.2, -0.15) is 0 Å². The standard InChI is InChI=1S/C5H10O2.C5H10O/c1-4(2)7-5(3)6;1-5-3-2-4-6-5/h4H,1-3H3;5H,2-4H2,1H3. The van der Waals surface area contributed by atoms with Crippen LogP contribution in [0, 0.1) is 0 Å². The van der Waals surface area contributed by atoms with Crippen LogP contribution in [0.1, 0.15) is 40.5 Å². The monoisotopic (exact) mass is 188 g/mol. The maximum atomic E-state index is 10.0. The molecule has 0 aliphatic carbocycles. The van der Waals surface area contributed by atoms with E-state index in [0.29, 0.717) is 6.10 Å². The van der Waals surface area contributed by atoms with Gasteiger partial charge in [0.2, 0.25) is 0 Å². The van der Waals surface area contributed by atoms with Crippen molar-refractivity contribution in [1.29, 1.82) is 0 Å². The minimum Gasteiger partial charge on any atom is -0.463 e. The number of hydrogen-bond donors (Lipinski definition) is 0. The van der Waals surface area contributed by atoms with Gasteiger partial charge >= 0.3 is 5.97 Å². The van der Waals surface area contributed by atoms with Gasteiger partial charge in [0.05, 0.1) is 12.2 Å². The van der Waals surface area contributed by atoms with Crippen LogP contribution in [-0.2, 0) is 14.3 Å². The van der Waals surface area contributed by atoms with Gasteiger partial charge < -0.3 is 9.47 Å². The summed E-state index contributed by atoms with van der Waals surface area (Å²) < 4.78 is 9.76. The third-order valence-electron chi connectivity index (χ3n) is 1.56. The third kappa shape index (κ3) is 9.34. The van der Waals surface area contributed by atoms with E-state index in [9.17, 15) is 4.79 Å². The van der Waals surface area contributed by atoms with Crippen molar-refractivity contribution in [1.82, 2.24) is 0 Å². The molecule has 1 atom stereocenters. The van der Waals surface area contributed by atoms with Gasteiger partial charge in [0.15, 0.2) is 0 Å². The molecule has 0 spiro atoms. The van der Waals surface area contributed by atoms with Crippen molar-refractivity contribution in [2.24, 2.45) is 0 Å². The van der Waals surface area contributed by atoms with Gasteiger partial charge in [-0.05, 0) is 33.6 Å². The molecule has 1 unspecified atom stereocenters. The topological polar surface area (TPSA) is 35.5 Å². The summed E-state index contributed by atoms with van der Waals surface area (Å²) in [7, 11) is 0. The Morgan fingerprint density at radius 3 is 2.23 bits per heavy atom. The highest BCUT2D eigenvalue weighted by atomic mass is 16.5. The molecule has 1 aliphatic heterocycles. The molecule has 1 aliphatic rings. The van der Waals surface area contributed by atoms with Crippen LogP contribution < -0.4 is 0 Å². The second-order valence-corrected chi connectivity index (χ2v) is 3.48.